The van der Waals surface area contributed by atoms with Crippen molar-refractivity contribution in [2.45, 2.75) is 67.9 Å². The van der Waals surface area contributed by atoms with Crippen LogP contribution in [0.4, 0.5) is 9.93 Å². The lowest BCUT2D eigenvalue weighted by Crippen LogP contribution is -2.45. The number of ether oxygens (including phenoxy) is 1. The second kappa shape index (κ2) is 11.2. The van der Waals surface area contributed by atoms with Gasteiger partial charge in [-0.2, -0.15) is 0 Å². The molecule has 0 atom stereocenters. The molecule has 0 radical (unpaired) electrons. The number of benzene rings is 1. The summed E-state index contributed by atoms with van der Waals surface area (Å²) in [7, 11) is 1.65. The molecule has 1 aliphatic rings. The van der Waals surface area contributed by atoms with E-state index in [1.165, 1.54) is 23.1 Å². The Labute approximate surface area is 203 Å². The number of carbonyl (C=O) groups excluding carboxylic acids is 1. The summed E-state index contributed by atoms with van der Waals surface area (Å²) in [6, 6.07) is 7.99. The number of amides is 2. The summed E-state index contributed by atoms with van der Waals surface area (Å²) < 4.78 is 5.12. The molecule has 7 nitrogen and oxygen atoms in total. The number of rotatable bonds is 9. The first-order chi connectivity index (χ1) is 15.7. The molecule has 1 heterocycles. The van der Waals surface area contributed by atoms with Gasteiger partial charge in [-0.1, -0.05) is 42.2 Å². The lowest BCUT2D eigenvalue weighted by Gasteiger charge is -2.36. The summed E-state index contributed by atoms with van der Waals surface area (Å²) in [6.07, 6.45) is 6.60. The second-order valence-electron chi connectivity index (χ2n) is 9.04. The molecule has 1 aromatic carbocycles. The van der Waals surface area contributed by atoms with Crippen LogP contribution >= 0.6 is 23.1 Å². The summed E-state index contributed by atoms with van der Waals surface area (Å²) in [4.78, 5) is 31.0. The van der Waals surface area contributed by atoms with Gasteiger partial charge in [0.15, 0.2) is 5.13 Å². The Morgan fingerprint density at radius 2 is 2.03 bits per heavy atom. The van der Waals surface area contributed by atoms with Gasteiger partial charge in [0.2, 0.25) is 0 Å². The van der Waals surface area contributed by atoms with E-state index in [0.717, 1.165) is 47.6 Å². The van der Waals surface area contributed by atoms with Gasteiger partial charge < -0.3 is 14.7 Å². The monoisotopic (exact) mass is 491 g/mol. The van der Waals surface area contributed by atoms with Gasteiger partial charge in [0.1, 0.15) is 10.5 Å². The van der Waals surface area contributed by atoms with Crippen LogP contribution in [0.25, 0.3) is 0 Å². The lowest BCUT2D eigenvalue weighted by atomic mass is 9.86. The molecule has 0 spiro atoms. The summed E-state index contributed by atoms with van der Waals surface area (Å²) in [5, 5.41) is 12.8. The minimum absolute atomic E-state index is 0.152. The third-order valence-corrected chi connectivity index (χ3v) is 8.23. The first-order valence-corrected chi connectivity index (χ1v) is 12.9. The Kier molecular flexibility index (Phi) is 8.64. The molecule has 0 unspecified atom stereocenters. The highest BCUT2D eigenvalue weighted by Gasteiger charge is 2.30. The zero-order chi connectivity index (χ0) is 24.0. The van der Waals surface area contributed by atoms with Gasteiger partial charge in [-0.25, -0.2) is 9.78 Å². The van der Waals surface area contributed by atoms with Crippen LogP contribution in [0, 0.1) is 5.92 Å². The maximum atomic E-state index is 13.3. The number of hydrogen-bond donors (Lipinski definition) is 2. The summed E-state index contributed by atoms with van der Waals surface area (Å²) >= 11 is 2.53. The van der Waals surface area contributed by atoms with Crippen molar-refractivity contribution in [1.29, 1.82) is 0 Å². The number of thiazole rings is 1. The molecule has 1 aromatic heterocycles. The number of thioether (sulfide) groups is 1. The Morgan fingerprint density at radius 1 is 1.30 bits per heavy atom. The van der Waals surface area contributed by atoms with Crippen molar-refractivity contribution in [3.63, 3.8) is 0 Å². The zero-order valence-electron chi connectivity index (χ0n) is 19.7. The number of aliphatic carboxylic acids is 1. The van der Waals surface area contributed by atoms with Crippen LogP contribution in [-0.4, -0.2) is 51.4 Å². The molecule has 180 valence electrons. The molecule has 2 N–H and O–H groups in total. The van der Waals surface area contributed by atoms with Crippen LogP contribution in [0.3, 0.4) is 0 Å². The van der Waals surface area contributed by atoms with Gasteiger partial charge in [0.25, 0.3) is 0 Å². The van der Waals surface area contributed by atoms with E-state index in [1.807, 2.05) is 23.1 Å². The van der Waals surface area contributed by atoms with E-state index in [0.29, 0.717) is 17.6 Å². The average molecular weight is 492 g/mol. The number of carboxylic acid groups (broad SMARTS) is 1. The molecule has 9 heteroatoms. The van der Waals surface area contributed by atoms with Gasteiger partial charge in [-0.3, -0.25) is 10.1 Å². The fourth-order valence-electron chi connectivity index (χ4n) is 3.90. The lowest BCUT2D eigenvalue weighted by molar-refractivity contribution is -0.138. The van der Waals surface area contributed by atoms with Crippen molar-refractivity contribution >= 4 is 40.2 Å². The largest absolute Gasteiger partial charge is 0.497 e. The van der Waals surface area contributed by atoms with Gasteiger partial charge >= 0.3 is 12.0 Å². The number of aromatic nitrogens is 1. The van der Waals surface area contributed by atoms with Gasteiger partial charge in [0.05, 0.1) is 17.5 Å². The van der Waals surface area contributed by atoms with E-state index in [1.54, 1.807) is 27.2 Å². The number of nitrogens with zero attached hydrogens (tertiary/aromatic N) is 2. The topological polar surface area (TPSA) is 91.8 Å². The number of urea groups is 1. The standard InChI is InChI=1S/C24H33N3O4S2/c1-16-8-10-18(11-9-16)27(13-12-17-6-5-7-19(14-17)31-4)23(30)26-22-25-15-20(32-22)33-24(2,3)21(28)29/h5-7,14-16,18H,8-13H2,1-4H3,(H,28,29)(H,25,26,30)/t16-,18-. The highest BCUT2D eigenvalue weighted by molar-refractivity contribution is 8.03. The molecule has 0 aliphatic heterocycles. The third-order valence-electron chi connectivity index (χ3n) is 6.03. The highest BCUT2D eigenvalue weighted by atomic mass is 32.2. The van der Waals surface area contributed by atoms with Crippen LogP contribution in [0.15, 0.2) is 34.7 Å². The van der Waals surface area contributed by atoms with Crippen LogP contribution in [0.2, 0.25) is 0 Å². The molecule has 1 aliphatic carbocycles. The van der Waals surface area contributed by atoms with Crippen molar-refractivity contribution in [3.8, 4) is 5.75 Å². The van der Waals surface area contributed by atoms with Crippen LogP contribution in [0.5, 0.6) is 5.75 Å². The summed E-state index contributed by atoms with van der Waals surface area (Å²) in [5.74, 6) is 0.620. The van der Waals surface area contributed by atoms with Crippen molar-refractivity contribution in [2.75, 3.05) is 19.0 Å². The van der Waals surface area contributed by atoms with Gasteiger partial charge in [-0.15, -0.1) is 0 Å². The van der Waals surface area contributed by atoms with Gasteiger partial charge in [-0.05, 0) is 69.6 Å². The fraction of sp³-hybridized carbons (Fsp3) is 0.542. The number of carbonyl (C=O) groups is 2. The fourth-order valence-corrected chi connectivity index (χ4v) is 6.17. The molecular formula is C24H33N3O4S2. The molecule has 1 saturated carbocycles. The number of anilines is 1. The Hall–Kier alpha value is -2.26. The number of hydrogen-bond acceptors (Lipinski definition) is 6. The second-order valence-corrected chi connectivity index (χ2v) is 12.0. The van der Waals surface area contributed by atoms with Crippen LogP contribution in [0.1, 0.15) is 52.0 Å². The van der Waals surface area contributed by atoms with E-state index < -0.39 is 10.7 Å². The van der Waals surface area contributed by atoms with Crippen molar-refractivity contribution in [3.05, 3.63) is 36.0 Å². The predicted molar refractivity (Wildman–Crippen MR) is 134 cm³/mol. The summed E-state index contributed by atoms with van der Waals surface area (Å²) in [5.41, 5.74) is 1.13. The number of methoxy groups -OCH3 is 1. The van der Waals surface area contributed by atoms with E-state index in [2.05, 4.69) is 23.3 Å². The smallest absolute Gasteiger partial charge is 0.323 e. The van der Waals surface area contributed by atoms with Crippen molar-refractivity contribution in [2.24, 2.45) is 5.92 Å². The van der Waals surface area contributed by atoms with E-state index in [-0.39, 0.29) is 12.1 Å². The molecule has 2 aromatic rings. The zero-order valence-corrected chi connectivity index (χ0v) is 21.3. The molecule has 0 saturated heterocycles. The Balaban J connectivity index is 1.69. The molecular weight excluding hydrogens is 458 g/mol. The highest BCUT2D eigenvalue weighted by Crippen LogP contribution is 2.37. The predicted octanol–water partition coefficient (Wildman–Crippen LogP) is 5.76. The van der Waals surface area contributed by atoms with Gasteiger partial charge in [0, 0.05) is 12.6 Å². The minimum Gasteiger partial charge on any atom is -0.497 e. The maximum absolute atomic E-state index is 13.3. The maximum Gasteiger partial charge on any atom is 0.323 e. The van der Waals surface area contributed by atoms with E-state index in [4.69, 9.17) is 4.74 Å². The Morgan fingerprint density at radius 3 is 2.70 bits per heavy atom. The molecule has 2 amide bonds. The SMILES string of the molecule is COc1cccc(CCN(C(=O)Nc2ncc(SC(C)(C)C(=O)O)s2)[C@H]2CC[C@H](C)CC2)c1. The Bertz CT molecular complexity index is 955. The van der Waals surface area contributed by atoms with Crippen LogP contribution in [-0.2, 0) is 11.2 Å². The first-order valence-electron chi connectivity index (χ1n) is 11.3. The average Bonchev–Trinajstić information content (AvgIpc) is 3.21. The molecule has 3 rings (SSSR count). The molecule has 1 fully saturated rings. The first kappa shape index (κ1) is 25.4. The van der Waals surface area contributed by atoms with E-state index in [9.17, 15) is 14.7 Å². The third kappa shape index (κ3) is 7.11. The minimum atomic E-state index is -0.963. The van der Waals surface area contributed by atoms with Crippen LogP contribution < -0.4 is 10.1 Å². The quantitative estimate of drug-likeness (QED) is 0.433. The molecule has 0 bridgehead atoms. The van der Waals surface area contributed by atoms with Crippen molar-refractivity contribution in [1.82, 2.24) is 9.88 Å². The normalized spacial score (nSPS) is 18.5. The summed E-state index contributed by atoms with van der Waals surface area (Å²) in [6.45, 7) is 6.19. The number of carboxylic acids is 1. The number of nitrogens with one attached hydrogen (secondary N) is 1. The van der Waals surface area contributed by atoms with Crippen molar-refractivity contribution < 1.29 is 19.4 Å². The van der Waals surface area contributed by atoms with E-state index >= 15 is 0 Å². The molecule has 33 heavy (non-hydrogen) atoms.